The molecular formula is C24H29FN2O3. The third-order valence-electron chi connectivity index (χ3n) is 6.04. The number of rotatable bonds is 5. The van der Waals surface area contributed by atoms with Crippen LogP contribution in [-0.2, 0) is 20.7 Å². The molecule has 2 aliphatic rings. The van der Waals surface area contributed by atoms with E-state index < -0.39 is 6.10 Å². The molecule has 0 aliphatic carbocycles. The number of carbonyl (C=O) groups excluding carboxylic acids is 1. The molecule has 1 amide bonds. The van der Waals surface area contributed by atoms with Gasteiger partial charge in [-0.05, 0) is 54.6 Å². The molecule has 4 rings (SSSR count). The van der Waals surface area contributed by atoms with Gasteiger partial charge in [0, 0.05) is 26.3 Å². The molecular weight excluding hydrogens is 383 g/mol. The Bertz CT molecular complexity index is 858. The van der Waals surface area contributed by atoms with Gasteiger partial charge in [-0.3, -0.25) is 4.79 Å². The van der Waals surface area contributed by atoms with Crippen LogP contribution in [0.4, 0.5) is 4.39 Å². The van der Waals surface area contributed by atoms with Gasteiger partial charge < -0.3 is 19.7 Å². The molecule has 2 heterocycles. The van der Waals surface area contributed by atoms with Crippen molar-refractivity contribution in [1.29, 1.82) is 0 Å². The van der Waals surface area contributed by atoms with Crippen LogP contribution >= 0.6 is 0 Å². The summed E-state index contributed by atoms with van der Waals surface area (Å²) in [5.41, 5.74) is 3.26. The Hall–Kier alpha value is -2.28. The largest absolute Gasteiger partial charge is 0.385 e. The van der Waals surface area contributed by atoms with Gasteiger partial charge in [-0.25, -0.2) is 4.39 Å². The second kappa shape index (κ2) is 9.69. The zero-order chi connectivity index (χ0) is 20.9. The standard InChI is InChI=1S/C24H29FN2O3/c1-29-15-12-20-16-30-22(10-13-26-20)24(28)27-14-11-17-4-2-3-5-21(17)23(27)18-6-8-19(25)9-7-18/h2-9,20,22-23,26H,10-16H2,1H3/t20-,22+,23-/m0/s1. The van der Waals surface area contributed by atoms with Crippen LogP contribution < -0.4 is 5.32 Å². The molecule has 160 valence electrons. The Morgan fingerprint density at radius 2 is 2.03 bits per heavy atom. The van der Waals surface area contributed by atoms with Crippen LogP contribution in [0, 0.1) is 5.82 Å². The maximum absolute atomic E-state index is 13.6. The number of hydrogen-bond donors (Lipinski definition) is 1. The van der Waals surface area contributed by atoms with E-state index in [-0.39, 0.29) is 23.8 Å². The van der Waals surface area contributed by atoms with Crippen molar-refractivity contribution in [1.82, 2.24) is 10.2 Å². The van der Waals surface area contributed by atoms with Crippen molar-refractivity contribution in [3.8, 4) is 0 Å². The molecule has 6 heteroatoms. The molecule has 0 saturated carbocycles. The van der Waals surface area contributed by atoms with Crippen molar-refractivity contribution in [3.05, 3.63) is 71.0 Å². The van der Waals surface area contributed by atoms with Crippen molar-refractivity contribution in [3.63, 3.8) is 0 Å². The third-order valence-corrected chi connectivity index (χ3v) is 6.04. The van der Waals surface area contributed by atoms with E-state index in [1.807, 2.05) is 17.0 Å². The minimum absolute atomic E-state index is 0.00743. The number of hydrogen-bond acceptors (Lipinski definition) is 4. The molecule has 2 aliphatic heterocycles. The minimum Gasteiger partial charge on any atom is -0.385 e. The second-order valence-electron chi connectivity index (χ2n) is 7.98. The first-order valence-corrected chi connectivity index (χ1v) is 10.6. The summed E-state index contributed by atoms with van der Waals surface area (Å²) in [5.74, 6) is -0.269. The molecule has 2 aromatic rings. The van der Waals surface area contributed by atoms with Crippen molar-refractivity contribution in [2.75, 3.05) is 33.4 Å². The fourth-order valence-electron chi connectivity index (χ4n) is 4.43. The average molecular weight is 413 g/mol. The van der Waals surface area contributed by atoms with Gasteiger partial charge in [0.1, 0.15) is 11.9 Å². The topological polar surface area (TPSA) is 50.8 Å². The summed E-state index contributed by atoms with van der Waals surface area (Å²) < 4.78 is 24.8. The van der Waals surface area contributed by atoms with Crippen LogP contribution in [0.15, 0.2) is 48.5 Å². The summed E-state index contributed by atoms with van der Waals surface area (Å²) in [4.78, 5) is 15.5. The van der Waals surface area contributed by atoms with E-state index in [9.17, 15) is 9.18 Å². The van der Waals surface area contributed by atoms with Gasteiger partial charge in [0.15, 0.2) is 0 Å². The van der Waals surface area contributed by atoms with Gasteiger partial charge in [-0.2, -0.15) is 0 Å². The summed E-state index contributed by atoms with van der Waals surface area (Å²) in [6.45, 7) is 2.51. The van der Waals surface area contributed by atoms with Gasteiger partial charge in [0.2, 0.25) is 0 Å². The van der Waals surface area contributed by atoms with Gasteiger partial charge in [-0.1, -0.05) is 36.4 Å². The number of halogens is 1. The van der Waals surface area contributed by atoms with Crippen molar-refractivity contribution in [2.24, 2.45) is 0 Å². The summed E-state index contributed by atoms with van der Waals surface area (Å²) in [6.07, 6.45) is 1.82. The van der Waals surface area contributed by atoms with Crippen molar-refractivity contribution < 1.29 is 18.7 Å². The Morgan fingerprint density at radius 3 is 2.83 bits per heavy atom. The maximum Gasteiger partial charge on any atom is 0.252 e. The first-order valence-electron chi connectivity index (χ1n) is 10.6. The first kappa shape index (κ1) is 21.0. The lowest BCUT2D eigenvalue weighted by molar-refractivity contribution is -0.146. The van der Waals surface area contributed by atoms with Gasteiger partial charge in [0.25, 0.3) is 5.91 Å². The van der Waals surface area contributed by atoms with E-state index in [0.29, 0.717) is 26.2 Å². The summed E-state index contributed by atoms with van der Waals surface area (Å²) in [5, 5.41) is 3.45. The molecule has 0 spiro atoms. The lowest BCUT2D eigenvalue weighted by Crippen LogP contribution is -2.46. The first-order chi connectivity index (χ1) is 14.7. The average Bonchev–Trinajstić information content (AvgIpc) is 3.03. The molecule has 30 heavy (non-hydrogen) atoms. The Labute approximate surface area is 177 Å². The number of carbonyl (C=O) groups is 1. The second-order valence-corrected chi connectivity index (χ2v) is 7.98. The zero-order valence-corrected chi connectivity index (χ0v) is 17.4. The van der Waals surface area contributed by atoms with E-state index in [0.717, 1.165) is 30.5 Å². The number of nitrogens with one attached hydrogen (secondary N) is 1. The van der Waals surface area contributed by atoms with Crippen LogP contribution in [0.3, 0.4) is 0 Å². The summed E-state index contributed by atoms with van der Waals surface area (Å²) in [6, 6.07) is 14.6. The zero-order valence-electron chi connectivity index (χ0n) is 17.4. The normalized spacial score (nSPS) is 24.2. The fourth-order valence-corrected chi connectivity index (χ4v) is 4.43. The predicted octanol–water partition coefficient (Wildman–Crippen LogP) is 3.08. The van der Waals surface area contributed by atoms with Crippen LogP contribution in [0.1, 0.15) is 35.6 Å². The van der Waals surface area contributed by atoms with Gasteiger partial charge in [-0.15, -0.1) is 0 Å². The predicted molar refractivity (Wildman–Crippen MR) is 113 cm³/mol. The van der Waals surface area contributed by atoms with Gasteiger partial charge >= 0.3 is 0 Å². The number of benzene rings is 2. The summed E-state index contributed by atoms with van der Waals surface area (Å²) >= 11 is 0. The highest BCUT2D eigenvalue weighted by Crippen LogP contribution is 2.36. The Balaban J connectivity index is 1.57. The highest BCUT2D eigenvalue weighted by molar-refractivity contribution is 5.82. The summed E-state index contributed by atoms with van der Waals surface area (Å²) in [7, 11) is 1.69. The molecule has 0 radical (unpaired) electrons. The maximum atomic E-state index is 13.6. The minimum atomic E-state index is -0.474. The highest BCUT2D eigenvalue weighted by Gasteiger charge is 2.36. The number of nitrogens with zero attached hydrogens (tertiary/aromatic N) is 1. The fraction of sp³-hybridized carbons (Fsp3) is 0.458. The van der Waals surface area contributed by atoms with Crippen LogP contribution in [0.5, 0.6) is 0 Å². The lowest BCUT2D eigenvalue weighted by atomic mass is 9.87. The van der Waals surface area contributed by atoms with Crippen LogP contribution in [0.25, 0.3) is 0 Å². The molecule has 5 nitrogen and oxygen atoms in total. The van der Waals surface area contributed by atoms with E-state index >= 15 is 0 Å². The molecule has 0 aromatic heterocycles. The monoisotopic (exact) mass is 412 g/mol. The SMILES string of the molecule is COCC[C@H]1CO[C@@H](C(=O)N2CCc3ccccc3[C@@H]2c2ccc(F)cc2)CCN1. The quantitative estimate of drug-likeness (QED) is 0.820. The van der Waals surface area contributed by atoms with E-state index in [4.69, 9.17) is 9.47 Å². The number of amides is 1. The van der Waals surface area contributed by atoms with Gasteiger partial charge in [0.05, 0.1) is 12.6 Å². The molecule has 1 saturated heterocycles. The van der Waals surface area contributed by atoms with E-state index in [2.05, 4.69) is 17.4 Å². The molecule has 1 N–H and O–H groups in total. The van der Waals surface area contributed by atoms with Crippen LogP contribution in [0.2, 0.25) is 0 Å². The molecule has 2 aromatic carbocycles. The highest BCUT2D eigenvalue weighted by atomic mass is 19.1. The number of ether oxygens (including phenoxy) is 2. The van der Waals surface area contributed by atoms with E-state index in [1.54, 1.807) is 19.2 Å². The van der Waals surface area contributed by atoms with E-state index in [1.165, 1.54) is 17.7 Å². The molecule has 1 fully saturated rings. The smallest absolute Gasteiger partial charge is 0.252 e. The molecule has 3 atom stereocenters. The lowest BCUT2D eigenvalue weighted by Gasteiger charge is -2.39. The third kappa shape index (κ3) is 4.56. The molecule has 0 bridgehead atoms. The van der Waals surface area contributed by atoms with Crippen molar-refractivity contribution in [2.45, 2.75) is 37.5 Å². The number of fused-ring (bicyclic) bond motifs is 1. The van der Waals surface area contributed by atoms with Crippen molar-refractivity contribution >= 4 is 5.91 Å². The molecule has 0 unspecified atom stereocenters. The number of methoxy groups -OCH3 is 1. The van der Waals surface area contributed by atoms with Crippen LogP contribution in [-0.4, -0.2) is 56.4 Å². The Morgan fingerprint density at radius 1 is 1.23 bits per heavy atom. The Kier molecular flexibility index (Phi) is 6.77.